The summed E-state index contributed by atoms with van der Waals surface area (Å²) in [6.45, 7) is 1.20. The number of carbonyl (C=O) groups excluding carboxylic acids is 2. The summed E-state index contributed by atoms with van der Waals surface area (Å²) in [6.07, 6.45) is 0. The monoisotopic (exact) mass is 282 g/mol. The predicted molar refractivity (Wildman–Crippen MR) is 67.2 cm³/mol. The van der Waals surface area contributed by atoms with E-state index in [1.165, 1.54) is 0 Å². The Balaban J connectivity index is 2.61. The molecule has 7 heteroatoms. The first-order chi connectivity index (χ1) is 9.08. The van der Waals surface area contributed by atoms with Gasteiger partial charge in [0, 0.05) is 5.02 Å². The highest BCUT2D eigenvalue weighted by Crippen LogP contribution is 2.15. The van der Waals surface area contributed by atoms with Crippen LogP contribution >= 0.6 is 11.6 Å². The second-order valence-corrected chi connectivity index (χ2v) is 3.77. The average molecular weight is 283 g/mol. The van der Waals surface area contributed by atoms with E-state index in [9.17, 15) is 9.59 Å². The maximum atomic E-state index is 11.6. The van der Waals surface area contributed by atoms with Crippen LogP contribution in [0.3, 0.4) is 0 Å². The molecule has 0 atom stereocenters. The van der Waals surface area contributed by atoms with E-state index in [1.54, 1.807) is 31.2 Å². The van der Waals surface area contributed by atoms with Gasteiger partial charge < -0.3 is 15.0 Å². The Kier molecular flexibility index (Phi) is 5.73. The third-order valence-electron chi connectivity index (χ3n) is 2.02. The van der Waals surface area contributed by atoms with E-state index in [0.29, 0.717) is 10.8 Å². The molecule has 0 unspecified atom stereocenters. The lowest BCUT2D eigenvalue weighted by Gasteiger charge is -2.03. The topological polar surface area (TPSA) is 89.0 Å². The summed E-state index contributed by atoms with van der Waals surface area (Å²) in [4.78, 5) is 25.5. The van der Waals surface area contributed by atoms with Gasteiger partial charge in [-0.1, -0.05) is 11.6 Å². The lowest BCUT2D eigenvalue weighted by molar-refractivity contribution is -0.142. The van der Waals surface area contributed by atoms with Crippen LogP contribution in [0.4, 0.5) is 0 Å². The standard InChI is InChI=1S/C12H11ClN2O4/c1-2-18-12(17)11(15-14)10(16)7-19-9-5-3-8(13)4-6-9/h3-6H,2,7H2,1H3. The van der Waals surface area contributed by atoms with Crippen molar-refractivity contribution in [2.75, 3.05) is 13.2 Å². The maximum Gasteiger partial charge on any atom is 0.445 e. The van der Waals surface area contributed by atoms with E-state index in [4.69, 9.17) is 21.9 Å². The molecule has 6 nitrogen and oxygen atoms in total. The number of ether oxygens (including phenoxy) is 2. The average Bonchev–Trinajstić information content (AvgIpc) is 2.39. The van der Waals surface area contributed by atoms with Crippen LogP contribution in [-0.4, -0.2) is 35.5 Å². The van der Waals surface area contributed by atoms with Crippen molar-refractivity contribution < 1.29 is 23.9 Å². The van der Waals surface area contributed by atoms with Crippen LogP contribution in [0.2, 0.25) is 5.02 Å². The van der Waals surface area contributed by atoms with Crippen LogP contribution < -0.4 is 4.74 Å². The zero-order valence-electron chi connectivity index (χ0n) is 10.1. The number of hydrogen-bond donors (Lipinski definition) is 0. The van der Waals surface area contributed by atoms with Gasteiger partial charge >= 0.3 is 11.7 Å². The first-order valence-electron chi connectivity index (χ1n) is 5.39. The first kappa shape index (κ1) is 14.9. The minimum Gasteiger partial charge on any atom is -0.485 e. The second-order valence-electron chi connectivity index (χ2n) is 3.33. The number of halogens is 1. The van der Waals surface area contributed by atoms with E-state index in [1.807, 2.05) is 0 Å². The van der Waals surface area contributed by atoms with E-state index >= 15 is 0 Å². The maximum absolute atomic E-state index is 11.6. The molecular formula is C12H11ClN2O4. The van der Waals surface area contributed by atoms with Crippen LogP contribution in [-0.2, 0) is 14.3 Å². The molecule has 0 N–H and O–H groups in total. The van der Waals surface area contributed by atoms with Gasteiger partial charge in [0.05, 0.1) is 6.61 Å². The molecule has 0 aliphatic carbocycles. The van der Waals surface area contributed by atoms with Crippen LogP contribution in [0.1, 0.15) is 6.92 Å². The molecule has 0 aliphatic rings. The molecule has 100 valence electrons. The molecule has 0 aliphatic heterocycles. The molecule has 0 fully saturated rings. The second kappa shape index (κ2) is 7.31. The van der Waals surface area contributed by atoms with Gasteiger partial charge in [-0.15, -0.1) is 0 Å². The summed E-state index contributed by atoms with van der Waals surface area (Å²) >= 11 is 5.69. The molecule has 0 saturated heterocycles. The number of nitrogens with zero attached hydrogens (tertiary/aromatic N) is 2. The highest BCUT2D eigenvalue weighted by molar-refractivity contribution is 6.62. The molecule has 0 amide bonds. The summed E-state index contributed by atoms with van der Waals surface area (Å²) in [5.74, 6) is -1.37. The van der Waals surface area contributed by atoms with E-state index in [-0.39, 0.29) is 6.61 Å². The van der Waals surface area contributed by atoms with Crippen LogP contribution in [0.5, 0.6) is 5.75 Å². The molecular weight excluding hydrogens is 272 g/mol. The third-order valence-corrected chi connectivity index (χ3v) is 2.27. The summed E-state index contributed by atoms with van der Waals surface area (Å²) < 4.78 is 9.69. The molecule has 0 bridgehead atoms. The number of benzene rings is 1. The lowest BCUT2D eigenvalue weighted by Crippen LogP contribution is -2.31. The number of carbonyl (C=O) groups is 2. The fourth-order valence-corrected chi connectivity index (χ4v) is 1.28. The lowest BCUT2D eigenvalue weighted by atomic mass is 10.2. The summed E-state index contributed by atoms with van der Waals surface area (Å²) in [7, 11) is 0. The van der Waals surface area contributed by atoms with Gasteiger partial charge in [-0.05, 0) is 31.2 Å². The molecule has 0 aromatic heterocycles. The van der Waals surface area contributed by atoms with Crippen molar-refractivity contribution in [2.24, 2.45) is 0 Å². The molecule has 0 spiro atoms. The molecule has 1 aromatic rings. The fraction of sp³-hybridized carbons (Fsp3) is 0.250. The molecule has 0 saturated carbocycles. The molecule has 0 radical (unpaired) electrons. The van der Waals surface area contributed by atoms with Crippen molar-refractivity contribution in [2.45, 2.75) is 6.92 Å². The van der Waals surface area contributed by atoms with Gasteiger partial charge in [0.2, 0.25) is 0 Å². The number of ketones is 1. The van der Waals surface area contributed by atoms with Gasteiger partial charge in [-0.3, -0.25) is 4.79 Å². The van der Waals surface area contributed by atoms with Gasteiger partial charge in [0.15, 0.2) is 6.61 Å². The predicted octanol–water partition coefficient (Wildman–Crippen LogP) is 1.52. The quantitative estimate of drug-likeness (QED) is 0.260. The Labute approximate surface area is 114 Å². The van der Waals surface area contributed by atoms with Crippen molar-refractivity contribution in [1.82, 2.24) is 0 Å². The Bertz CT molecular complexity index is 521. The first-order valence-corrected chi connectivity index (χ1v) is 5.77. The van der Waals surface area contributed by atoms with E-state index in [2.05, 4.69) is 9.53 Å². The van der Waals surface area contributed by atoms with E-state index in [0.717, 1.165) is 0 Å². The van der Waals surface area contributed by atoms with Crippen molar-refractivity contribution in [1.29, 1.82) is 0 Å². The molecule has 1 aromatic carbocycles. The molecule has 19 heavy (non-hydrogen) atoms. The SMILES string of the molecule is CCOC(=O)C(=[N+]=[N-])C(=O)COc1ccc(Cl)cc1. The van der Waals surface area contributed by atoms with Crippen LogP contribution in [0, 0.1) is 0 Å². The summed E-state index contributed by atoms with van der Waals surface area (Å²) in [5.41, 5.74) is 7.92. The Morgan fingerprint density at radius 1 is 1.32 bits per heavy atom. The number of rotatable bonds is 6. The van der Waals surface area contributed by atoms with Gasteiger partial charge in [-0.2, -0.15) is 4.79 Å². The number of Topliss-reactive ketones (excluding diaryl/α,β-unsaturated/α-hetero) is 1. The fourth-order valence-electron chi connectivity index (χ4n) is 1.16. The molecule has 0 heterocycles. The highest BCUT2D eigenvalue weighted by atomic mass is 35.5. The Morgan fingerprint density at radius 3 is 2.47 bits per heavy atom. The largest absolute Gasteiger partial charge is 0.485 e. The zero-order valence-corrected chi connectivity index (χ0v) is 10.9. The summed E-state index contributed by atoms with van der Waals surface area (Å²) in [5, 5.41) is 0.530. The minimum atomic E-state index is -0.991. The van der Waals surface area contributed by atoms with Crippen molar-refractivity contribution in [3.63, 3.8) is 0 Å². The minimum absolute atomic E-state index is 0.0726. The van der Waals surface area contributed by atoms with Crippen LogP contribution in [0.25, 0.3) is 5.53 Å². The smallest absolute Gasteiger partial charge is 0.445 e. The molecule has 1 rings (SSSR count). The third kappa shape index (κ3) is 4.54. The van der Waals surface area contributed by atoms with Crippen LogP contribution in [0.15, 0.2) is 24.3 Å². The number of esters is 1. The van der Waals surface area contributed by atoms with Crippen molar-refractivity contribution in [3.05, 3.63) is 34.8 Å². The number of hydrogen-bond acceptors (Lipinski definition) is 4. The normalized spacial score (nSPS) is 9.37. The zero-order chi connectivity index (χ0) is 14.3. The van der Waals surface area contributed by atoms with Gasteiger partial charge in [0.25, 0.3) is 5.78 Å². The van der Waals surface area contributed by atoms with Gasteiger partial charge in [-0.25, -0.2) is 4.79 Å². The van der Waals surface area contributed by atoms with Gasteiger partial charge in [0.1, 0.15) is 5.75 Å². The highest BCUT2D eigenvalue weighted by Gasteiger charge is 2.31. The Morgan fingerprint density at radius 2 is 1.95 bits per heavy atom. The van der Waals surface area contributed by atoms with Crippen molar-refractivity contribution in [3.8, 4) is 5.75 Å². The van der Waals surface area contributed by atoms with Crippen molar-refractivity contribution >= 4 is 29.1 Å². The Hall–Kier alpha value is -2.17. The summed E-state index contributed by atoms with van der Waals surface area (Å²) in [6, 6.07) is 6.31. The van der Waals surface area contributed by atoms with E-state index < -0.39 is 24.1 Å².